The van der Waals surface area contributed by atoms with Crippen LogP contribution in [0.5, 0.6) is 0 Å². The van der Waals surface area contributed by atoms with Crippen molar-refractivity contribution in [2.24, 2.45) is 0 Å². The number of nitrogens with zero attached hydrogens (tertiary/aromatic N) is 2. The van der Waals surface area contributed by atoms with Gasteiger partial charge in [0.15, 0.2) is 5.82 Å². The molecule has 20 heavy (non-hydrogen) atoms. The largest absolute Gasteiger partial charge is 0.381 e. The first-order valence-corrected chi connectivity index (χ1v) is 7.43. The Morgan fingerprint density at radius 2 is 2.15 bits per heavy atom. The number of halogens is 1. The summed E-state index contributed by atoms with van der Waals surface area (Å²) in [5, 5.41) is 3.88. The Morgan fingerprint density at radius 1 is 1.45 bits per heavy atom. The van der Waals surface area contributed by atoms with E-state index in [1.54, 1.807) is 6.92 Å². The molecule has 0 radical (unpaired) electrons. The second-order valence-corrected chi connectivity index (χ2v) is 5.95. The zero-order chi connectivity index (χ0) is 14.9. The average Bonchev–Trinajstić information content (AvgIpc) is 2.76. The first-order valence-electron chi connectivity index (χ1n) is 5.95. The predicted octanol–water partition coefficient (Wildman–Crippen LogP) is 1.73. The lowest BCUT2D eigenvalue weighted by molar-refractivity contribution is 0.600. The Kier molecular flexibility index (Phi) is 3.67. The molecule has 6 nitrogen and oxygen atoms in total. The smallest absolute Gasteiger partial charge is 0.267 e. The minimum atomic E-state index is -3.84. The Balaban J connectivity index is 2.35. The highest BCUT2D eigenvalue weighted by Crippen LogP contribution is 2.21. The first kappa shape index (κ1) is 14.3. The fraction of sp³-hybridized carbons (Fsp3) is 0.250. The van der Waals surface area contributed by atoms with Gasteiger partial charge in [-0.05, 0) is 37.6 Å². The van der Waals surface area contributed by atoms with Crippen LogP contribution in [0.2, 0.25) is 0 Å². The minimum Gasteiger partial charge on any atom is -0.381 e. The number of aromatic nitrogens is 2. The molecule has 0 spiro atoms. The number of aryl methyl sites for hydroxylation is 2. The van der Waals surface area contributed by atoms with E-state index in [1.807, 2.05) is 6.92 Å². The van der Waals surface area contributed by atoms with Crippen molar-refractivity contribution in [1.29, 1.82) is 0 Å². The molecular formula is C12H15FN4O2S. The zero-order valence-corrected chi connectivity index (χ0v) is 11.9. The topological polar surface area (TPSA) is 90.0 Å². The van der Waals surface area contributed by atoms with Gasteiger partial charge >= 0.3 is 0 Å². The van der Waals surface area contributed by atoms with Gasteiger partial charge in [-0.3, -0.25) is 9.40 Å². The van der Waals surface area contributed by atoms with Crippen LogP contribution in [-0.2, 0) is 16.6 Å². The number of nitrogen functional groups attached to an aromatic ring is 1. The summed E-state index contributed by atoms with van der Waals surface area (Å²) < 4.78 is 41.4. The predicted molar refractivity (Wildman–Crippen MR) is 74.3 cm³/mol. The maximum Gasteiger partial charge on any atom is 0.267 e. The molecule has 1 aromatic heterocycles. The molecule has 0 saturated carbocycles. The van der Waals surface area contributed by atoms with Crippen LogP contribution < -0.4 is 10.5 Å². The Labute approximate surface area is 116 Å². The number of benzene rings is 1. The van der Waals surface area contributed by atoms with E-state index in [1.165, 1.54) is 29.1 Å². The number of anilines is 2. The van der Waals surface area contributed by atoms with Gasteiger partial charge < -0.3 is 5.73 Å². The lowest BCUT2D eigenvalue weighted by Crippen LogP contribution is -2.14. The van der Waals surface area contributed by atoms with Crippen LogP contribution in [0, 0.1) is 12.7 Å². The van der Waals surface area contributed by atoms with Crippen molar-refractivity contribution < 1.29 is 12.8 Å². The fourth-order valence-corrected chi connectivity index (χ4v) is 2.83. The van der Waals surface area contributed by atoms with E-state index < -0.39 is 15.8 Å². The van der Waals surface area contributed by atoms with Gasteiger partial charge in [0.05, 0.1) is 0 Å². The Hall–Kier alpha value is -2.09. The average molecular weight is 298 g/mol. The van der Waals surface area contributed by atoms with Gasteiger partial charge in [0.2, 0.25) is 0 Å². The number of sulfonamides is 1. The van der Waals surface area contributed by atoms with Crippen molar-refractivity contribution in [3.05, 3.63) is 35.8 Å². The van der Waals surface area contributed by atoms with Gasteiger partial charge in [-0.15, -0.1) is 0 Å². The molecule has 1 aromatic carbocycles. The molecule has 2 aromatic rings. The molecule has 0 fully saturated rings. The van der Waals surface area contributed by atoms with E-state index in [4.69, 9.17) is 5.73 Å². The number of hydrogen-bond donors (Lipinski definition) is 2. The van der Waals surface area contributed by atoms with E-state index in [0.29, 0.717) is 12.1 Å². The summed E-state index contributed by atoms with van der Waals surface area (Å²) in [4.78, 5) is -0.0960. The summed E-state index contributed by atoms with van der Waals surface area (Å²) in [6.45, 7) is 3.88. The summed E-state index contributed by atoms with van der Waals surface area (Å²) in [5.74, 6) is -0.468. The van der Waals surface area contributed by atoms with Gasteiger partial charge in [0.1, 0.15) is 10.7 Å². The third-order valence-corrected chi connectivity index (χ3v) is 4.18. The molecule has 0 atom stereocenters. The number of hydrogen-bond acceptors (Lipinski definition) is 4. The van der Waals surface area contributed by atoms with Crippen molar-refractivity contribution in [1.82, 2.24) is 9.78 Å². The highest BCUT2D eigenvalue weighted by atomic mass is 32.2. The van der Waals surface area contributed by atoms with Crippen molar-refractivity contribution in [2.45, 2.75) is 25.3 Å². The minimum absolute atomic E-state index is 0.0711. The molecule has 1 heterocycles. The second kappa shape index (κ2) is 5.12. The third kappa shape index (κ3) is 2.74. The number of nitrogens with one attached hydrogen (secondary N) is 1. The van der Waals surface area contributed by atoms with Crippen LogP contribution in [-0.4, -0.2) is 18.2 Å². The third-order valence-electron chi connectivity index (χ3n) is 2.78. The Bertz CT molecular complexity index is 740. The van der Waals surface area contributed by atoms with Crippen LogP contribution in [0.25, 0.3) is 0 Å². The molecule has 0 aliphatic rings. The maximum absolute atomic E-state index is 13.2. The van der Waals surface area contributed by atoms with Gasteiger partial charge in [-0.25, -0.2) is 12.8 Å². The molecule has 0 aliphatic carbocycles. The molecule has 0 bridgehead atoms. The summed E-state index contributed by atoms with van der Waals surface area (Å²) in [5.41, 5.74) is 6.22. The quantitative estimate of drug-likeness (QED) is 0.899. The monoisotopic (exact) mass is 298 g/mol. The molecule has 3 N–H and O–H groups in total. The lowest BCUT2D eigenvalue weighted by atomic mass is 10.2. The fourth-order valence-electron chi connectivity index (χ4n) is 1.71. The van der Waals surface area contributed by atoms with E-state index >= 15 is 0 Å². The summed E-state index contributed by atoms with van der Waals surface area (Å²) in [6, 6.07) is 3.96. The second-order valence-electron chi connectivity index (χ2n) is 4.30. The summed E-state index contributed by atoms with van der Waals surface area (Å²) in [7, 11) is -3.84. The summed E-state index contributed by atoms with van der Waals surface area (Å²) >= 11 is 0. The summed E-state index contributed by atoms with van der Waals surface area (Å²) in [6.07, 6.45) is 1.36. The van der Waals surface area contributed by atoms with E-state index in [-0.39, 0.29) is 16.4 Å². The molecule has 0 aliphatic heterocycles. The SMILES string of the molecule is CCn1cc(S(=O)(=O)Nc2ccc(F)c(C)c2)c(N)n1. The molecule has 2 rings (SSSR count). The van der Waals surface area contributed by atoms with Gasteiger partial charge in [-0.2, -0.15) is 5.10 Å². The number of rotatable bonds is 4. The van der Waals surface area contributed by atoms with Gasteiger partial charge in [0, 0.05) is 18.4 Å². The van der Waals surface area contributed by atoms with Crippen molar-refractivity contribution >= 4 is 21.5 Å². The molecule has 0 unspecified atom stereocenters. The van der Waals surface area contributed by atoms with Crippen molar-refractivity contribution in [2.75, 3.05) is 10.5 Å². The highest BCUT2D eigenvalue weighted by molar-refractivity contribution is 7.92. The number of nitrogens with two attached hydrogens (primary N) is 1. The molecule has 8 heteroatoms. The highest BCUT2D eigenvalue weighted by Gasteiger charge is 2.21. The maximum atomic E-state index is 13.2. The van der Waals surface area contributed by atoms with Gasteiger partial charge in [0.25, 0.3) is 10.0 Å². The van der Waals surface area contributed by atoms with E-state index in [9.17, 15) is 12.8 Å². The molecular weight excluding hydrogens is 283 g/mol. The van der Waals surface area contributed by atoms with E-state index in [0.717, 1.165) is 0 Å². The van der Waals surface area contributed by atoms with Crippen LogP contribution in [0.1, 0.15) is 12.5 Å². The molecule has 0 saturated heterocycles. The lowest BCUT2D eigenvalue weighted by Gasteiger charge is -2.07. The first-order chi connectivity index (χ1) is 9.33. The normalized spacial score (nSPS) is 11.6. The van der Waals surface area contributed by atoms with E-state index in [2.05, 4.69) is 9.82 Å². The van der Waals surface area contributed by atoms with Gasteiger partial charge in [-0.1, -0.05) is 0 Å². The Morgan fingerprint density at radius 3 is 2.70 bits per heavy atom. The van der Waals surface area contributed by atoms with Crippen LogP contribution in [0.4, 0.5) is 15.9 Å². The van der Waals surface area contributed by atoms with Crippen molar-refractivity contribution in [3.8, 4) is 0 Å². The van der Waals surface area contributed by atoms with Crippen molar-refractivity contribution in [3.63, 3.8) is 0 Å². The molecule has 0 amide bonds. The van der Waals surface area contributed by atoms with Crippen LogP contribution in [0.15, 0.2) is 29.3 Å². The zero-order valence-electron chi connectivity index (χ0n) is 11.1. The molecule has 108 valence electrons. The standard InChI is InChI=1S/C12H15FN4O2S/c1-3-17-7-11(12(14)15-17)20(18,19)16-9-4-5-10(13)8(2)6-9/h4-7,16H,3H2,1-2H3,(H2,14,15). The van der Waals surface area contributed by atoms with Crippen LogP contribution >= 0.6 is 0 Å². The van der Waals surface area contributed by atoms with Crippen LogP contribution in [0.3, 0.4) is 0 Å².